The molecule has 0 spiro atoms. The first kappa shape index (κ1) is 12.7. The lowest BCUT2D eigenvalue weighted by molar-refractivity contribution is 0.400. The molecule has 1 atom stereocenters. The van der Waals surface area contributed by atoms with Crippen LogP contribution in [0, 0.1) is 18.7 Å². The summed E-state index contributed by atoms with van der Waals surface area (Å²) >= 11 is 0. The summed E-state index contributed by atoms with van der Waals surface area (Å²) in [5.41, 5.74) is 7.43. The third-order valence-electron chi connectivity index (χ3n) is 2.88. The Morgan fingerprint density at radius 1 is 1.33 bits per heavy atom. The van der Waals surface area contributed by atoms with E-state index in [4.69, 9.17) is 10.3 Å². The van der Waals surface area contributed by atoms with Gasteiger partial charge in [-0.3, -0.25) is 0 Å². The zero-order chi connectivity index (χ0) is 13.3. The molecule has 0 aliphatic heterocycles. The molecule has 1 aromatic carbocycles. The zero-order valence-electron chi connectivity index (χ0n) is 10.6. The van der Waals surface area contributed by atoms with Crippen molar-refractivity contribution in [1.82, 2.24) is 10.1 Å². The van der Waals surface area contributed by atoms with Crippen molar-refractivity contribution in [2.45, 2.75) is 26.8 Å². The van der Waals surface area contributed by atoms with Crippen molar-refractivity contribution >= 4 is 0 Å². The standard InChI is InChI=1S/C13H16FN3O/c1-7(2)11(15)12-16-13(18-17-12)10-5-4-9(14)6-8(10)3/h4-7,11H,15H2,1-3H3. The molecule has 0 aliphatic rings. The van der Waals surface area contributed by atoms with E-state index in [1.165, 1.54) is 12.1 Å². The molecule has 96 valence electrons. The second-order valence-corrected chi connectivity index (χ2v) is 4.69. The van der Waals surface area contributed by atoms with Gasteiger partial charge in [-0.15, -0.1) is 0 Å². The SMILES string of the molecule is Cc1cc(F)ccc1-c1nc(C(N)C(C)C)no1. The van der Waals surface area contributed by atoms with Crippen LogP contribution in [0.25, 0.3) is 11.5 Å². The molecular weight excluding hydrogens is 233 g/mol. The number of rotatable bonds is 3. The number of nitrogens with two attached hydrogens (primary N) is 1. The number of hydrogen-bond donors (Lipinski definition) is 1. The number of nitrogens with zero attached hydrogens (tertiary/aromatic N) is 2. The molecule has 0 bridgehead atoms. The summed E-state index contributed by atoms with van der Waals surface area (Å²) in [6.45, 7) is 5.78. The van der Waals surface area contributed by atoms with Crippen LogP contribution in [0.1, 0.15) is 31.3 Å². The molecule has 1 unspecified atom stereocenters. The van der Waals surface area contributed by atoms with E-state index in [9.17, 15) is 4.39 Å². The fourth-order valence-electron chi connectivity index (χ4n) is 1.64. The van der Waals surface area contributed by atoms with Crippen molar-refractivity contribution in [2.24, 2.45) is 11.7 Å². The number of aryl methyl sites for hydroxylation is 1. The van der Waals surface area contributed by atoms with Gasteiger partial charge in [-0.2, -0.15) is 4.98 Å². The van der Waals surface area contributed by atoms with Gasteiger partial charge in [0.15, 0.2) is 5.82 Å². The van der Waals surface area contributed by atoms with Gasteiger partial charge in [0, 0.05) is 5.56 Å². The van der Waals surface area contributed by atoms with Crippen LogP contribution in [-0.4, -0.2) is 10.1 Å². The molecule has 0 saturated carbocycles. The van der Waals surface area contributed by atoms with Gasteiger partial charge in [-0.1, -0.05) is 19.0 Å². The zero-order valence-corrected chi connectivity index (χ0v) is 10.6. The van der Waals surface area contributed by atoms with E-state index in [2.05, 4.69) is 10.1 Å². The highest BCUT2D eigenvalue weighted by Gasteiger charge is 2.18. The smallest absolute Gasteiger partial charge is 0.258 e. The Morgan fingerprint density at radius 2 is 2.06 bits per heavy atom. The van der Waals surface area contributed by atoms with Gasteiger partial charge in [-0.25, -0.2) is 4.39 Å². The topological polar surface area (TPSA) is 64.9 Å². The fourth-order valence-corrected chi connectivity index (χ4v) is 1.64. The third kappa shape index (κ3) is 2.41. The van der Waals surface area contributed by atoms with Crippen LogP contribution < -0.4 is 5.73 Å². The Balaban J connectivity index is 2.35. The van der Waals surface area contributed by atoms with E-state index in [0.717, 1.165) is 11.1 Å². The largest absolute Gasteiger partial charge is 0.334 e. The summed E-state index contributed by atoms with van der Waals surface area (Å²) in [5, 5.41) is 3.87. The Bertz CT molecular complexity index is 551. The van der Waals surface area contributed by atoms with Crippen LogP contribution in [0.3, 0.4) is 0 Å². The molecule has 1 aromatic heterocycles. The van der Waals surface area contributed by atoms with Gasteiger partial charge in [0.1, 0.15) is 5.82 Å². The fraction of sp³-hybridized carbons (Fsp3) is 0.385. The predicted molar refractivity (Wildman–Crippen MR) is 66.2 cm³/mol. The number of aromatic nitrogens is 2. The molecule has 0 saturated heterocycles. The minimum absolute atomic E-state index is 0.227. The summed E-state index contributed by atoms with van der Waals surface area (Å²) in [6.07, 6.45) is 0. The minimum atomic E-state index is -0.283. The van der Waals surface area contributed by atoms with Gasteiger partial charge in [0.05, 0.1) is 6.04 Å². The molecule has 2 aromatic rings. The van der Waals surface area contributed by atoms with Gasteiger partial charge in [0.25, 0.3) is 5.89 Å². The highest BCUT2D eigenvalue weighted by molar-refractivity contribution is 5.57. The van der Waals surface area contributed by atoms with Gasteiger partial charge >= 0.3 is 0 Å². The van der Waals surface area contributed by atoms with Crippen LogP contribution >= 0.6 is 0 Å². The van der Waals surface area contributed by atoms with Crippen LogP contribution in [-0.2, 0) is 0 Å². The van der Waals surface area contributed by atoms with Gasteiger partial charge in [0.2, 0.25) is 0 Å². The van der Waals surface area contributed by atoms with Crippen LogP contribution in [0.4, 0.5) is 4.39 Å². The predicted octanol–water partition coefficient (Wildman–Crippen LogP) is 2.84. The molecule has 5 heteroatoms. The maximum absolute atomic E-state index is 13.0. The van der Waals surface area contributed by atoms with Crippen LogP contribution in [0.15, 0.2) is 22.7 Å². The van der Waals surface area contributed by atoms with Crippen molar-refractivity contribution in [3.8, 4) is 11.5 Å². The lowest BCUT2D eigenvalue weighted by Crippen LogP contribution is -2.18. The minimum Gasteiger partial charge on any atom is -0.334 e. The lowest BCUT2D eigenvalue weighted by atomic mass is 10.1. The van der Waals surface area contributed by atoms with Crippen molar-refractivity contribution in [3.63, 3.8) is 0 Å². The Hall–Kier alpha value is -1.75. The van der Waals surface area contributed by atoms with E-state index < -0.39 is 0 Å². The van der Waals surface area contributed by atoms with Crippen molar-refractivity contribution in [3.05, 3.63) is 35.4 Å². The van der Waals surface area contributed by atoms with Gasteiger partial charge < -0.3 is 10.3 Å². The second kappa shape index (κ2) is 4.86. The summed E-state index contributed by atoms with van der Waals surface area (Å²) in [4.78, 5) is 4.27. The molecule has 2 rings (SSSR count). The van der Waals surface area contributed by atoms with E-state index in [1.807, 2.05) is 13.8 Å². The molecule has 1 heterocycles. The van der Waals surface area contributed by atoms with Crippen molar-refractivity contribution in [1.29, 1.82) is 0 Å². The number of benzene rings is 1. The molecule has 0 fully saturated rings. The van der Waals surface area contributed by atoms with Gasteiger partial charge in [-0.05, 0) is 36.6 Å². The first-order valence-corrected chi connectivity index (χ1v) is 5.84. The van der Waals surface area contributed by atoms with E-state index in [0.29, 0.717) is 11.7 Å². The lowest BCUT2D eigenvalue weighted by Gasteiger charge is -2.09. The molecule has 18 heavy (non-hydrogen) atoms. The Kier molecular flexibility index (Phi) is 3.43. The van der Waals surface area contributed by atoms with Crippen molar-refractivity contribution < 1.29 is 8.91 Å². The van der Waals surface area contributed by atoms with E-state index >= 15 is 0 Å². The third-order valence-corrected chi connectivity index (χ3v) is 2.88. The molecule has 0 radical (unpaired) electrons. The number of halogens is 1. The highest BCUT2D eigenvalue weighted by atomic mass is 19.1. The number of hydrogen-bond acceptors (Lipinski definition) is 4. The first-order chi connectivity index (χ1) is 8.49. The molecule has 4 nitrogen and oxygen atoms in total. The van der Waals surface area contributed by atoms with E-state index in [-0.39, 0.29) is 17.8 Å². The van der Waals surface area contributed by atoms with Crippen molar-refractivity contribution in [2.75, 3.05) is 0 Å². The maximum Gasteiger partial charge on any atom is 0.258 e. The maximum atomic E-state index is 13.0. The normalized spacial score (nSPS) is 13.0. The summed E-state index contributed by atoms with van der Waals surface area (Å²) in [7, 11) is 0. The molecule has 0 aliphatic carbocycles. The second-order valence-electron chi connectivity index (χ2n) is 4.69. The first-order valence-electron chi connectivity index (χ1n) is 5.84. The van der Waals surface area contributed by atoms with Crippen LogP contribution in [0.5, 0.6) is 0 Å². The van der Waals surface area contributed by atoms with E-state index in [1.54, 1.807) is 13.0 Å². The monoisotopic (exact) mass is 249 g/mol. The average molecular weight is 249 g/mol. The molecule has 0 amide bonds. The summed E-state index contributed by atoms with van der Waals surface area (Å²) in [5.74, 6) is 0.793. The molecule has 2 N–H and O–H groups in total. The average Bonchev–Trinajstić information content (AvgIpc) is 2.77. The Labute approximate surface area is 105 Å². The summed E-state index contributed by atoms with van der Waals surface area (Å²) < 4.78 is 18.2. The Morgan fingerprint density at radius 3 is 2.67 bits per heavy atom. The summed E-state index contributed by atoms with van der Waals surface area (Å²) in [6, 6.07) is 4.17. The van der Waals surface area contributed by atoms with Crippen LogP contribution in [0.2, 0.25) is 0 Å². The highest BCUT2D eigenvalue weighted by Crippen LogP contribution is 2.24. The molecular formula is C13H16FN3O. The quantitative estimate of drug-likeness (QED) is 0.908.